The maximum Gasteiger partial charge on any atom is 0.214 e. The Labute approximate surface area is 220 Å². The monoisotopic (exact) mass is 545 g/mol. The van der Waals surface area contributed by atoms with Crippen LogP contribution in [0.15, 0.2) is 30.7 Å². The van der Waals surface area contributed by atoms with Crippen molar-refractivity contribution in [3.63, 3.8) is 0 Å². The first-order chi connectivity index (χ1) is 17.5. The number of sulfonamides is 1. The highest BCUT2D eigenvalue weighted by Gasteiger charge is 2.30. The number of rotatable bonds is 11. The molecule has 0 radical (unpaired) electrons. The summed E-state index contributed by atoms with van der Waals surface area (Å²) in [6.45, 7) is 12.9. The van der Waals surface area contributed by atoms with E-state index in [4.69, 9.17) is 9.72 Å². The number of ether oxygens (including phenoxy) is 1. The van der Waals surface area contributed by atoms with E-state index in [0.29, 0.717) is 49.1 Å². The molecule has 0 amide bonds. The molecule has 1 atom stereocenters. The maximum atomic E-state index is 12.8. The highest BCUT2D eigenvalue weighted by Crippen LogP contribution is 2.27. The van der Waals surface area contributed by atoms with E-state index in [1.54, 1.807) is 27.6 Å². The van der Waals surface area contributed by atoms with Gasteiger partial charge in [0.15, 0.2) is 5.65 Å². The molecule has 0 bridgehead atoms. The Morgan fingerprint density at radius 1 is 1.22 bits per heavy atom. The van der Waals surface area contributed by atoms with Crippen molar-refractivity contribution < 1.29 is 13.2 Å². The van der Waals surface area contributed by atoms with Crippen LogP contribution >= 0.6 is 0 Å². The number of anilines is 1. The second-order valence-corrected chi connectivity index (χ2v) is 19.0. The fourth-order valence-corrected chi connectivity index (χ4v) is 7.00. The van der Waals surface area contributed by atoms with Gasteiger partial charge in [0, 0.05) is 45.6 Å². The summed E-state index contributed by atoms with van der Waals surface area (Å²) in [4.78, 5) is 14.0. The molecule has 0 saturated carbocycles. The average molecular weight is 546 g/mol. The van der Waals surface area contributed by atoms with Crippen molar-refractivity contribution in [3.8, 4) is 11.3 Å². The molecule has 4 heterocycles. The first-order valence-corrected chi connectivity index (χ1v) is 18.3. The SMILES string of the molecule is CC(C)CS(=O)(=O)N1CCC[C@H](Nc2ncccc2-c2cnc3c(cnn3COCC[Si](C)(C)C)n2)C1. The van der Waals surface area contributed by atoms with Crippen molar-refractivity contribution >= 4 is 35.1 Å². The highest BCUT2D eigenvalue weighted by molar-refractivity contribution is 7.89. The van der Waals surface area contributed by atoms with Gasteiger partial charge >= 0.3 is 0 Å². The Bertz CT molecular complexity index is 1310. The summed E-state index contributed by atoms with van der Waals surface area (Å²) in [7, 11) is -4.42. The van der Waals surface area contributed by atoms with Gasteiger partial charge in [-0.25, -0.2) is 28.1 Å². The molecule has 3 aromatic rings. The van der Waals surface area contributed by atoms with Crippen LogP contribution in [0.25, 0.3) is 22.4 Å². The average Bonchev–Trinajstić information content (AvgIpc) is 3.23. The smallest absolute Gasteiger partial charge is 0.214 e. The quantitative estimate of drug-likeness (QED) is 0.283. The molecule has 0 aliphatic carbocycles. The van der Waals surface area contributed by atoms with Crippen LogP contribution in [-0.4, -0.2) is 77.0 Å². The zero-order valence-electron chi connectivity index (χ0n) is 22.5. The number of hydrogen-bond acceptors (Lipinski definition) is 8. The van der Waals surface area contributed by atoms with Gasteiger partial charge in [0.25, 0.3) is 0 Å². The van der Waals surface area contributed by atoms with Crippen LogP contribution in [0.3, 0.4) is 0 Å². The maximum absolute atomic E-state index is 12.8. The molecule has 1 N–H and O–H groups in total. The molecule has 0 unspecified atom stereocenters. The van der Waals surface area contributed by atoms with Crippen molar-refractivity contribution in [3.05, 3.63) is 30.7 Å². The van der Waals surface area contributed by atoms with E-state index in [-0.39, 0.29) is 17.7 Å². The molecule has 37 heavy (non-hydrogen) atoms. The Balaban J connectivity index is 1.47. The summed E-state index contributed by atoms with van der Waals surface area (Å²) in [6.07, 6.45) is 6.84. The number of hydrogen-bond donors (Lipinski definition) is 1. The highest BCUT2D eigenvalue weighted by atomic mass is 32.2. The van der Waals surface area contributed by atoms with Gasteiger partial charge in [0.05, 0.1) is 23.8 Å². The Morgan fingerprint density at radius 2 is 2.03 bits per heavy atom. The lowest BCUT2D eigenvalue weighted by atomic mass is 10.1. The number of piperidine rings is 1. The molecule has 3 aromatic heterocycles. The van der Waals surface area contributed by atoms with Crippen LogP contribution in [0.4, 0.5) is 5.82 Å². The van der Waals surface area contributed by atoms with Gasteiger partial charge in [-0.05, 0) is 36.9 Å². The number of nitrogens with zero attached hydrogens (tertiary/aromatic N) is 6. The third-order valence-electron chi connectivity index (χ3n) is 6.30. The van der Waals surface area contributed by atoms with Crippen LogP contribution in [0.1, 0.15) is 26.7 Å². The summed E-state index contributed by atoms with van der Waals surface area (Å²) < 4.78 is 34.7. The van der Waals surface area contributed by atoms with E-state index >= 15 is 0 Å². The van der Waals surface area contributed by atoms with E-state index < -0.39 is 18.1 Å². The summed E-state index contributed by atoms with van der Waals surface area (Å²) >= 11 is 0. The fourth-order valence-electron chi connectivity index (χ4n) is 4.38. The summed E-state index contributed by atoms with van der Waals surface area (Å²) in [5.74, 6) is 0.933. The van der Waals surface area contributed by atoms with E-state index in [2.05, 4.69) is 40.0 Å². The van der Waals surface area contributed by atoms with E-state index in [0.717, 1.165) is 24.4 Å². The number of pyridine rings is 1. The van der Waals surface area contributed by atoms with Crippen LogP contribution in [0.5, 0.6) is 0 Å². The first kappa shape index (κ1) is 27.6. The summed E-state index contributed by atoms with van der Waals surface area (Å²) in [5.41, 5.74) is 2.86. The number of nitrogens with one attached hydrogen (secondary N) is 1. The Kier molecular flexibility index (Phi) is 8.62. The lowest BCUT2D eigenvalue weighted by molar-refractivity contribution is 0.0813. The van der Waals surface area contributed by atoms with Crippen molar-refractivity contribution in [2.75, 3.05) is 30.8 Å². The van der Waals surface area contributed by atoms with Crippen molar-refractivity contribution in [1.29, 1.82) is 0 Å². The second kappa shape index (κ2) is 11.5. The molecule has 1 aliphatic rings. The third kappa shape index (κ3) is 7.34. The second-order valence-electron chi connectivity index (χ2n) is 11.4. The van der Waals surface area contributed by atoms with E-state index in [1.165, 1.54) is 0 Å². The van der Waals surface area contributed by atoms with Crippen LogP contribution < -0.4 is 5.32 Å². The van der Waals surface area contributed by atoms with Gasteiger partial charge in [-0.3, -0.25) is 0 Å². The standard InChI is InChI=1S/C25H39N7O3SSi/c1-19(2)17-36(33,34)31-11-7-8-20(16-31)29-24-21(9-6-10-26-24)22-14-27-25-23(30-22)15-28-32(25)18-35-12-13-37(3,4)5/h6,9-10,14-15,19-20H,7-8,11-13,16-18H2,1-5H3,(H,26,29)/t20-/m0/s1. The van der Waals surface area contributed by atoms with Gasteiger partial charge in [-0.2, -0.15) is 9.40 Å². The molecule has 1 fully saturated rings. The third-order valence-corrected chi connectivity index (χ3v) is 10.2. The molecule has 0 spiro atoms. The molecular weight excluding hydrogens is 506 g/mol. The van der Waals surface area contributed by atoms with Crippen molar-refractivity contribution in [2.24, 2.45) is 5.92 Å². The van der Waals surface area contributed by atoms with Crippen molar-refractivity contribution in [1.82, 2.24) is 29.0 Å². The zero-order chi connectivity index (χ0) is 26.6. The molecule has 202 valence electrons. The van der Waals surface area contributed by atoms with Crippen molar-refractivity contribution in [2.45, 2.75) is 65.1 Å². The molecular formula is C25H39N7O3SSi. The van der Waals surface area contributed by atoms with Gasteiger partial charge in [0.1, 0.15) is 18.1 Å². The van der Waals surface area contributed by atoms with Gasteiger partial charge in [-0.15, -0.1) is 0 Å². The first-order valence-electron chi connectivity index (χ1n) is 13.0. The predicted octanol–water partition coefficient (Wildman–Crippen LogP) is 4.06. The van der Waals surface area contributed by atoms with Gasteiger partial charge < -0.3 is 10.1 Å². The molecule has 0 aromatic carbocycles. The predicted molar refractivity (Wildman–Crippen MR) is 150 cm³/mol. The molecule has 12 heteroatoms. The minimum absolute atomic E-state index is 0.0305. The Hall–Kier alpha value is -2.41. The molecule has 10 nitrogen and oxygen atoms in total. The normalized spacial score (nSPS) is 17.5. The van der Waals surface area contributed by atoms with E-state index in [1.807, 2.05) is 26.0 Å². The zero-order valence-corrected chi connectivity index (χ0v) is 24.3. The van der Waals surface area contributed by atoms with Crippen LogP contribution in [0, 0.1) is 5.92 Å². The lowest BCUT2D eigenvalue weighted by Crippen LogP contribution is -2.46. The van der Waals surface area contributed by atoms with Crippen LogP contribution in [0.2, 0.25) is 25.7 Å². The van der Waals surface area contributed by atoms with Gasteiger partial charge in [-0.1, -0.05) is 33.5 Å². The van der Waals surface area contributed by atoms with Gasteiger partial charge in [0.2, 0.25) is 10.0 Å². The summed E-state index contributed by atoms with van der Waals surface area (Å²) in [6, 6.07) is 4.88. The lowest BCUT2D eigenvalue weighted by Gasteiger charge is -2.33. The largest absolute Gasteiger partial charge is 0.365 e. The summed E-state index contributed by atoms with van der Waals surface area (Å²) in [5, 5.41) is 7.90. The van der Waals surface area contributed by atoms with E-state index in [9.17, 15) is 8.42 Å². The molecule has 1 saturated heterocycles. The Morgan fingerprint density at radius 3 is 2.78 bits per heavy atom. The minimum Gasteiger partial charge on any atom is -0.365 e. The molecule has 4 rings (SSSR count). The van der Waals surface area contributed by atoms with Crippen LogP contribution in [-0.2, 0) is 21.5 Å². The topological polar surface area (TPSA) is 115 Å². The number of fused-ring (bicyclic) bond motifs is 1. The fraction of sp³-hybridized carbons (Fsp3) is 0.600. The number of aromatic nitrogens is 5. The minimum atomic E-state index is -3.28. The molecule has 1 aliphatic heterocycles.